The minimum Gasteiger partial charge on any atom is -0.494 e. The van der Waals surface area contributed by atoms with Gasteiger partial charge in [-0.2, -0.15) is 5.26 Å². The maximum atomic E-state index is 8.54. The highest BCUT2D eigenvalue weighted by atomic mass is 16.5. The average molecular weight is 559 g/mol. The van der Waals surface area contributed by atoms with E-state index in [0.29, 0.717) is 18.8 Å². The van der Waals surface area contributed by atoms with Crippen molar-refractivity contribution < 1.29 is 4.74 Å². The van der Waals surface area contributed by atoms with Gasteiger partial charge in [0.05, 0.1) is 12.7 Å². The molecule has 0 amide bonds. The fourth-order valence-electron chi connectivity index (χ4n) is 3.26. The van der Waals surface area contributed by atoms with Gasteiger partial charge in [0.15, 0.2) is 0 Å². The molecular weight excluding hydrogens is 492 g/mol. The number of hydrogen-bond acceptors (Lipinski definition) is 5. The smallest absolute Gasteiger partial charge is 0.115 e. The number of nitriles is 1. The first kappa shape index (κ1) is 44.6. The minimum atomic E-state index is 0.413. The van der Waals surface area contributed by atoms with Crippen LogP contribution >= 0.6 is 0 Å². The van der Waals surface area contributed by atoms with Crippen LogP contribution in [0.4, 0.5) is 0 Å². The van der Waals surface area contributed by atoms with Crippen LogP contribution in [0.15, 0.2) is 72.6 Å². The summed E-state index contributed by atoms with van der Waals surface area (Å²) in [6.07, 6.45) is 21.9. The second-order valence-electron chi connectivity index (χ2n) is 9.28. The number of hydrogen-bond donors (Lipinski definition) is 2. The van der Waals surface area contributed by atoms with Gasteiger partial charge in [0.25, 0.3) is 0 Å². The van der Waals surface area contributed by atoms with Crippen molar-refractivity contribution in [3.8, 4) is 6.07 Å². The fourth-order valence-corrected chi connectivity index (χ4v) is 3.26. The minimum absolute atomic E-state index is 0.413. The highest BCUT2D eigenvalue weighted by Crippen LogP contribution is 2.17. The summed E-state index contributed by atoms with van der Waals surface area (Å²) in [4.78, 5) is 2.02. The predicted molar refractivity (Wildman–Crippen MR) is 181 cm³/mol. The van der Waals surface area contributed by atoms with Crippen LogP contribution in [0, 0.1) is 17.2 Å². The lowest BCUT2D eigenvalue weighted by molar-refractivity contribution is 0.201. The molecule has 3 N–H and O–H groups in total. The van der Waals surface area contributed by atoms with Crippen molar-refractivity contribution in [2.24, 2.45) is 11.7 Å². The van der Waals surface area contributed by atoms with Crippen LogP contribution in [-0.4, -0.2) is 44.9 Å². The van der Waals surface area contributed by atoms with Gasteiger partial charge in [-0.05, 0) is 84.7 Å². The lowest BCUT2D eigenvalue weighted by Gasteiger charge is -2.20. The highest BCUT2D eigenvalue weighted by molar-refractivity contribution is 5.32. The molecule has 5 nitrogen and oxygen atoms in total. The van der Waals surface area contributed by atoms with Crippen LogP contribution < -0.4 is 11.1 Å². The third-order valence-electron chi connectivity index (χ3n) is 6.10. The summed E-state index contributed by atoms with van der Waals surface area (Å²) in [6, 6.07) is 2.70. The van der Waals surface area contributed by atoms with Gasteiger partial charge in [-0.3, -0.25) is 4.90 Å². The summed E-state index contributed by atoms with van der Waals surface area (Å²) in [6.45, 7) is 26.1. The van der Waals surface area contributed by atoms with E-state index in [4.69, 9.17) is 15.7 Å². The van der Waals surface area contributed by atoms with Crippen LogP contribution in [0.3, 0.4) is 0 Å². The number of rotatable bonds is 18. The molecule has 0 rings (SSSR count). The van der Waals surface area contributed by atoms with Crippen molar-refractivity contribution in [2.45, 2.75) is 106 Å². The van der Waals surface area contributed by atoms with Crippen molar-refractivity contribution in [3.05, 3.63) is 72.6 Å². The highest BCUT2D eigenvalue weighted by Gasteiger charge is 2.10. The fraction of sp³-hybridized carbons (Fsp3) is 0.629. The largest absolute Gasteiger partial charge is 0.494 e. The number of nitrogens with one attached hydrogen (secondary N) is 1. The summed E-state index contributed by atoms with van der Waals surface area (Å²) in [5, 5.41) is 11.9. The van der Waals surface area contributed by atoms with E-state index in [-0.39, 0.29) is 0 Å². The summed E-state index contributed by atoms with van der Waals surface area (Å²) < 4.78 is 5.54. The van der Waals surface area contributed by atoms with Crippen molar-refractivity contribution in [1.82, 2.24) is 10.2 Å². The molecule has 0 aromatic rings. The average Bonchev–Trinajstić information content (AvgIpc) is 3.00. The number of allylic oxidation sites excluding steroid dienone is 9. The molecule has 0 bridgehead atoms. The van der Waals surface area contributed by atoms with Gasteiger partial charge >= 0.3 is 0 Å². The van der Waals surface area contributed by atoms with Gasteiger partial charge in [0.2, 0.25) is 0 Å². The van der Waals surface area contributed by atoms with Gasteiger partial charge in [0.1, 0.15) is 5.76 Å². The molecule has 0 aliphatic carbocycles. The Morgan fingerprint density at radius 1 is 1.10 bits per heavy atom. The Bertz CT molecular complexity index is 724. The third kappa shape index (κ3) is 33.6. The first-order valence-electron chi connectivity index (χ1n) is 15.2. The zero-order valence-electron chi connectivity index (χ0n) is 28.1. The molecule has 0 radical (unpaired) electrons. The van der Waals surface area contributed by atoms with Gasteiger partial charge in [-0.1, -0.05) is 90.3 Å². The van der Waals surface area contributed by atoms with Crippen LogP contribution in [0.25, 0.3) is 0 Å². The lowest BCUT2D eigenvalue weighted by atomic mass is 9.93. The molecule has 0 spiro atoms. The van der Waals surface area contributed by atoms with Crippen molar-refractivity contribution >= 4 is 0 Å². The van der Waals surface area contributed by atoms with Crippen LogP contribution in [0.1, 0.15) is 100 Å². The van der Waals surface area contributed by atoms with E-state index in [9.17, 15) is 0 Å². The van der Waals surface area contributed by atoms with Crippen LogP contribution in [-0.2, 0) is 4.74 Å². The summed E-state index contributed by atoms with van der Waals surface area (Å²) in [5.41, 5.74) is 7.17. The molecule has 0 saturated carbocycles. The van der Waals surface area contributed by atoms with E-state index in [0.717, 1.165) is 37.1 Å². The van der Waals surface area contributed by atoms with Crippen molar-refractivity contribution in [2.75, 3.05) is 33.9 Å². The van der Waals surface area contributed by atoms with E-state index >= 15 is 0 Å². The van der Waals surface area contributed by atoms with E-state index in [2.05, 4.69) is 71.4 Å². The second kappa shape index (κ2) is 36.6. The first-order valence-corrected chi connectivity index (χ1v) is 15.2. The van der Waals surface area contributed by atoms with E-state index in [1.807, 2.05) is 57.9 Å². The van der Waals surface area contributed by atoms with Gasteiger partial charge in [-0.15, -0.1) is 6.58 Å². The Labute approximate surface area is 250 Å². The number of nitrogens with two attached hydrogens (primary N) is 1. The molecule has 0 aliphatic rings. The molecular formula is C35H66N4O. The Morgan fingerprint density at radius 3 is 2.15 bits per heavy atom. The Hall–Kier alpha value is -2.39. The molecule has 0 aliphatic heterocycles. The zero-order chi connectivity index (χ0) is 31.6. The standard InChI is InChI=1S/C13H21N3O.C11H25N.C9H14.C2H6/c1-4-13(7-6-12(2)10-14)17-9-5-8-16(3)11-15;1-5-8-11(12-4)9-10(6-2)7-3;1-4-6-7-8-9(3)5-2;1-2/h4,6-7H,2,5,8-9,11,15H2,1,3H3;10-12H,5-9H2,1-4H3;4-5,7-8H,1,6H2,2-3H3;1-2H3/b7-6-,13-4+;;8-7-,9-5+;. The Kier molecular flexibility index (Phi) is 40.8. The predicted octanol–water partition coefficient (Wildman–Crippen LogP) is 9.09. The van der Waals surface area contributed by atoms with E-state index in [1.54, 1.807) is 12.2 Å². The van der Waals surface area contributed by atoms with Crippen LogP contribution in [0.2, 0.25) is 0 Å². The second-order valence-corrected chi connectivity index (χ2v) is 9.28. The molecule has 0 heterocycles. The Balaban J connectivity index is -0.000000247. The van der Waals surface area contributed by atoms with E-state index < -0.39 is 0 Å². The van der Waals surface area contributed by atoms with Crippen LogP contribution in [0.5, 0.6) is 0 Å². The lowest BCUT2D eigenvalue weighted by Crippen LogP contribution is -2.27. The quantitative estimate of drug-likeness (QED) is 0.0438. The van der Waals surface area contributed by atoms with Gasteiger partial charge in [-0.25, -0.2) is 0 Å². The number of ether oxygens (including phenoxy) is 1. The molecule has 0 saturated heterocycles. The van der Waals surface area contributed by atoms with Crippen molar-refractivity contribution in [1.29, 1.82) is 5.26 Å². The molecule has 40 heavy (non-hydrogen) atoms. The van der Waals surface area contributed by atoms with Crippen molar-refractivity contribution in [3.63, 3.8) is 0 Å². The molecule has 0 aromatic heterocycles. The van der Waals surface area contributed by atoms with Gasteiger partial charge in [0, 0.05) is 24.8 Å². The molecule has 0 aromatic carbocycles. The Morgan fingerprint density at radius 2 is 1.73 bits per heavy atom. The normalized spacial score (nSPS) is 12.1. The number of nitrogens with zero attached hydrogens (tertiary/aromatic N) is 2. The summed E-state index contributed by atoms with van der Waals surface area (Å²) >= 11 is 0. The first-order chi connectivity index (χ1) is 19.2. The molecule has 0 fully saturated rings. The molecule has 1 atom stereocenters. The molecule has 5 heteroatoms. The maximum absolute atomic E-state index is 8.54. The molecule has 1 unspecified atom stereocenters. The van der Waals surface area contributed by atoms with E-state index in [1.165, 1.54) is 37.7 Å². The van der Waals surface area contributed by atoms with Gasteiger partial charge < -0.3 is 15.8 Å². The summed E-state index contributed by atoms with van der Waals surface area (Å²) in [5.74, 6) is 1.67. The zero-order valence-corrected chi connectivity index (χ0v) is 28.1. The monoisotopic (exact) mass is 559 g/mol. The summed E-state index contributed by atoms with van der Waals surface area (Å²) in [7, 11) is 4.05. The third-order valence-corrected chi connectivity index (χ3v) is 6.10. The maximum Gasteiger partial charge on any atom is 0.115 e. The topological polar surface area (TPSA) is 74.3 Å². The SMILES string of the molecule is C=C(C#N)/C=C\C(=C/C)OCCCN(C)CN.C=CC/C=C\C(C)=C\C.CC.CCCC(CC(CC)CC)NC. The molecule has 232 valence electrons.